The van der Waals surface area contributed by atoms with Crippen LogP contribution in [0.2, 0.25) is 0 Å². The summed E-state index contributed by atoms with van der Waals surface area (Å²) in [6.45, 7) is 3.86. The Balaban J connectivity index is 2.57. The van der Waals surface area contributed by atoms with Crippen LogP contribution < -0.4 is 5.56 Å². The Hall–Kier alpha value is -2.18. The summed E-state index contributed by atoms with van der Waals surface area (Å²) in [7, 11) is 0. The van der Waals surface area contributed by atoms with Crippen molar-refractivity contribution in [2.24, 2.45) is 0 Å². The molecule has 2 aromatic rings. The van der Waals surface area contributed by atoms with Crippen molar-refractivity contribution in [1.29, 1.82) is 0 Å². The number of aromatic amines is 1. The Kier molecular flexibility index (Phi) is 2.66. The fourth-order valence-corrected chi connectivity index (χ4v) is 1.45. The van der Waals surface area contributed by atoms with Gasteiger partial charge in [-0.15, -0.1) is 0 Å². The number of aromatic nitrogens is 4. The van der Waals surface area contributed by atoms with Crippen molar-refractivity contribution in [3.8, 4) is 0 Å². The molecule has 0 saturated heterocycles. The predicted octanol–water partition coefficient (Wildman–Crippen LogP) is 0.168. The highest BCUT2D eigenvalue weighted by atomic mass is 16.4. The lowest BCUT2D eigenvalue weighted by atomic mass is 10.2. The number of H-pyrrole nitrogens is 1. The molecule has 0 aliphatic carbocycles. The highest BCUT2D eigenvalue weighted by Crippen LogP contribution is 2.08. The predicted molar refractivity (Wildman–Crippen MR) is 59.0 cm³/mol. The van der Waals surface area contributed by atoms with Gasteiger partial charge in [0.15, 0.2) is 0 Å². The molecule has 7 heteroatoms. The van der Waals surface area contributed by atoms with E-state index in [9.17, 15) is 9.59 Å². The van der Waals surface area contributed by atoms with Gasteiger partial charge in [-0.1, -0.05) is 13.8 Å². The van der Waals surface area contributed by atoms with Crippen LogP contribution in [0.4, 0.5) is 0 Å². The van der Waals surface area contributed by atoms with Crippen molar-refractivity contribution in [1.82, 2.24) is 19.6 Å². The van der Waals surface area contributed by atoms with Crippen molar-refractivity contribution in [3.63, 3.8) is 0 Å². The Morgan fingerprint density at radius 1 is 1.53 bits per heavy atom. The number of hydrogen-bond acceptors (Lipinski definition) is 4. The molecule has 0 fully saturated rings. The number of aliphatic carboxylic acids is 1. The first kappa shape index (κ1) is 11.3. The minimum atomic E-state index is -1.03. The third-order valence-electron chi connectivity index (χ3n) is 2.28. The quantitative estimate of drug-likeness (QED) is 0.791. The van der Waals surface area contributed by atoms with Gasteiger partial charge in [-0.2, -0.15) is 9.50 Å². The van der Waals surface area contributed by atoms with Crippen molar-refractivity contribution < 1.29 is 9.90 Å². The summed E-state index contributed by atoms with van der Waals surface area (Å²) in [6.07, 6.45) is -0.282. The van der Waals surface area contributed by atoms with Gasteiger partial charge in [-0.3, -0.25) is 14.7 Å². The van der Waals surface area contributed by atoms with E-state index < -0.39 is 5.97 Å². The van der Waals surface area contributed by atoms with E-state index in [1.54, 1.807) is 0 Å². The fraction of sp³-hybridized carbons (Fsp3) is 0.400. The van der Waals surface area contributed by atoms with Crippen LogP contribution in [0.15, 0.2) is 10.9 Å². The lowest BCUT2D eigenvalue weighted by molar-refractivity contribution is -0.136. The zero-order valence-corrected chi connectivity index (χ0v) is 9.47. The molecule has 0 unspecified atom stereocenters. The van der Waals surface area contributed by atoms with Crippen molar-refractivity contribution in [2.45, 2.75) is 26.2 Å². The van der Waals surface area contributed by atoms with Crippen LogP contribution in [0.3, 0.4) is 0 Å². The van der Waals surface area contributed by atoms with Crippen molar-refractivity contribution in [3.05, 3.63) is 27.9 Å². The van der Waals surface area contributed by atoms with Crippen LogP contribution in [0.1, 0.15) is 31.3 Å². The summed E-state index contributed by atoms with van der Waals surface area (Å²) < 4.78 is 1.21. The second kappa shape index (κ2) is 4.00. The highest BCUT2D eigenvalue weighted by Gasteiger charge is 2.11. The van der Waals surface area contributed by atoms with E-state index >= 15 is 0 Å². The molecule has 0 aliphatic rings. The summed E-state index contributed by atoms with van der Waals surface area (Å²) in [6, 6.07) is 1.20. The number of carboxylic acids is 1. The molecular formula is C10H12N4O3. The van der Waals surface area contributed by atoms with Gasteiger partial charge in [0.2, 0.25) is 0 Å². The summed E-state index contributed by atoms with van der Waals surface area (Å²) in [5.74, 6) is -0.0422. The molecule has 2 rings (SSSR count). The van der Waals surface area contributed by atoms with E-state index in [4.69, 9.17) is 5.11 Å². The molecule has 2 N–H and O–H groups in total. The Morgan fingerprint density at radius 2 is 2.24 bits per heavy atom. The van der Waals surface area contributed by atoms with Gasteiger partial charge in [0.1, 0.15) is 5.82 Å². The van der Waals surface area contributed by atoms with E-state index in [0.29, 0.717) is 5.82 Å². The first-order valence-electron chi connectivity index (χ1n) is 5.17. The summed E-state index contributed by atoms with van der Waals surface area (Å²) >= 11 is 0. The number of hydrogen-bond donors (Lipinski definition) is 2. The Bertz CT molecular complexity index is 626. The van der Waals surface area contributed by atoms with Gasteiger partial charge in [-0.25, -0.2) is 4.98 Å². The topological polar surface area (TPSA) is 100 Å². The van der Waals surface area contributed by atoms with Gasteiger partial charge in [-0.05, 0) is 0 Å². The lowest BCUT2D eigenvalue weighted by Crippen LogP contribution is -2.17. The Labute approximate surface area is 96.1 Å². The lowest BCUT2D eigenvalue weighted by Gasteiger charge is -1.95. The van der Waals surface area contributed by atoms with Crippen LogP contribution in [0.25, 0.3) is 5.78 Å². The molecule has 0 aliphatic heterocycles. The number of fused-ring (bicyclic) bond motifs is 1. The molecule has 0 spiro atoms. The minimum absolute atomic E-state index is 0.138. The summed E-state index contributed by atoms with van der Waals surface area (Å²) in [4.78, 5) is 30.4. The molecule has 0 saturated carbocycles. The first-order valence-corrected chi connectivity index (χ1v) is 5.17. The number of nitrogens with zero attached hydrogens (tertiary/aromatic N) is 3. The standard InChI is InChI=1S/C10H12N4O3/c1-5(2)9-12-10-11-6(4-8(16)17)3-7(15)14(10)13-9/h3,5H,4H2,1-2H3,(H,16,17)(H,11,12,13). The molecule has 0 bridgehead atoms. The van der Waals surface area contributed by atoms with E-state index in [0.717, 1.165) is 0 Å². The first-order chi connectivity index (χ1) is 7.97. The zero-order valence-electron chi connectivity index (χ0n) is 9.47. The van der Waals surface area contributed by atoms with Crippen LogP contribution in [-0.4, -0.2) is 30.7 Å². The third kappa shape index (κ3) is 2.17. The van der Waals surface area contributed by atoms with Gasteiger partial charge < -0.3 is 5.11 Å². The molecule has 0 amide bonds. The molecule has 90 valence electrons. The molecule has 2 aromatic heterocycles. The fourth-order valence-electron chi connectivity index (χ4n) is 1.45. The van der Waals surface area contributed by atoms with Crippen LogP contribution in [-0.2, 0) is 11.2 Å². The van der Waals surface area contributed by atoms with E-state index in [1.165, 1.54) is 10.6 Å². The molecule has 0 aromatic carbocycles. The average molecular weight is 236 g/mol. The van der Waals surface area contributed by atoms with Crippen LogP contribution in [0, 0.1) is 0 Å². The minimum Gasteiger partial charge on any atom is -0.481 e. The van der Waals surface area contributed by atoms with Crippen molar-refractivity contribution >= 4 is 11.7 Å². The molecule has 0 atom stereocenters. The number of carbonyl (C=O) groups is 1. The average Bonchev–Trinajstić information content (AvgIpc) is 2.60. The SMILES string of the molecule is CC(C)c1nc2nc(CC(=O)O)cc(=O)n2[nH]1. The maximum absolute atomic E-state index is 11.7. The molecule has 2 heterocycles. The van der Waals surface area contributed by atoms with E-state index in [-0.39, 0.29) is 29.4 Å². The zero-order chi connectivity index (χ0) is 12.6. The molecule has 7 nitrogen and oxygen atoms in total. The van der Waals surface area contributed by atoms with E-state index in [2.05, 4.69) is 15.1 Å². The number of carboxylic acid groups (broad SMARTS) is 1. The smallest absolute Gasteiger partial charge is 0.309 e. The van der Waals surface area contributed by atoms with Crippen LogP contribution in [0.5, 0.6) is 0 Å². The van der Waals surface area contributed by atoms with Gasteiger partial charge in [0, 0.05) is 12.0 Å². The molecule has 0 radical (unpaired) electrons. The van der Waals surface area contributed by atoms with Crippen LogP contribution >= 0.6 is 0 Å². The van der Waals surface area contributed by atoms with Gasteiger partial charge in [0.05, 0.1) is 12.1 Å². The number of nitrogens with one attached hydrogen (secondary N) is 1. The third-order valence-corrected chi connectivity index (χ3v) is 2.28. The van der Waals surface area contributed by atoms with Crippen molar-refractivity contribution in [2.75, 3.05) is 0 Å². The normalized spacial score (nSPS) is 11.2. The monoisotopic (exact) mass is 236 g/mol. The van der Waals surface area contributed by atoms with E-state index in [1.807, 2.05) is 13.8 Å². The second-order valence-electron chi connectivity index (χ2n) is 4.06. The Morgan fingerprint density at radius 3 is 2.82 bits per heavy atom. The molecular weight excluding hydrogens is 224 g/mol. The van der Waals surface area contributed by atoms with Gasteiger partial charge in [0.25, 0.3) is 11.3 Å². The maximum Gasteiger partial charge on any atom is 0.309 e. The number of rotatable bonds is 3. The second-order valence-corrected chi connectivity index (χ2v) is 4.06. The summed E-state index contributed by atoms with van der Waals surface area (Å²) in [5.41, 5.74) is -0.144. The highest BCUT2D eigenvalue weighted by molar-refractivity contribution is 5.69. The largest absolute Gasteiger partial charge is 0.481 e. The maximum atomic E-state index is 11.7. The van der Waals surface area contributed by atoms with Gasteiger partial charge >= 0.3 is 5.97 Å². The molecule has 17 heavy (non-hydrogen) atoms. The summed E-state index contributed by atoms with van der Waals surface area (Å²) in [5, 5.41) is 11.5.